The van der Waals surface area contributed by atoms with Crippen LogP contribution in [0.3, 0.4) is 0 Å². The topological polar surface area (TPSA) is 98.5 Å². The summed E-state index contributed by atoms with van der Waals surface area (Å²) in [7, 11) is 0. The largest absolute Gasteiger partial charge is 0.452 e. The number of nitro benzene ring substituents is 1. The second-order valence-corrected chi connectivity index (χ2v) is 6.08. The fourth-order valence-corrected chi connectivity index (χ4v) is 2.36. The summed E-state index contributed by atoms with van der Waals surface area (Å²) >= 11 is 0. The number of nitro groups is 1. The Morgan fingerprint density at radius 1 is 1.15 bits per heavy atom. The number of ether oxygens (including phenoxy) is 1. The maximum Gasteiger partial charge on any atom is 0.331 e. The number of carbonyl (C=O) groups is 2. The van der Waals surface area contributed by atoms with Gasteiger partial charge in [-0.05, 0) is 41.3 Å². The van der Waals surface area contributed by atoms with Crippen molar-refractivity contribution in [2.24, 2.45) is 0 Å². The molecule has 0 spiro atoms. The number of esters is 1. The number of non-ortho nitro benzene ring substituents is 1. The standard InChI is InChI=1S/C20H20N2O5/c1-14(2)17-5-3-4-6-18(17)21-19(23)13-27-20(24)12-9-15-7-10-16(11-8-15)22(25)26/h3-12,14H,13H2,1-2H3,(H,21,23)/b12-9+. The van der Waals surface area contributed by atoms with Crippen LogP contribution in [-0.2, 0) is 14.3 Å². The quantitative estimate of drug-likeness (QED) is 0.346. The highest BCUT2D eigenvalue weighted by atomic mass is 16.6. The zero-order valence-electron chi connectivity index (χ0n) is 15.0. The summed E-state index contributed by atoms with van der Waals surface area (Å²) in [6.45, 7) is 3.64. The molecular formula is C20H20N2O5. The van der Waals surface area contributed by atoms with E-state index >= 15 is 0 Å². The Bertz CT molecular complexity index is 857. The Balaban J connectivity index is 1.86. The van der Waals surface area contributed by atoms with Gasteiger partial charge in [0.05, 0.1) is 4.92 Å². The van der Waals surface area contributed by atoms with E-state index in [9.17, 15) is 19.7 Å². The molecular weight excluding hydrogens is 348 g/mol. The van der Waals surface area contributed by atoms with Crippen molar-refractivity contribution >= 4 is 29.3 Å². The van der Waals surface area contributed by atoms with Crippen molar-refractivity contribution in [2.75, 3.05) is 11.9 Å². The predicted molar refractivity (Wildman–Crippen MR) is 102 cm³/mol. The molecule has 0 unspecified atom stereocenters. The fraction of sp³-hybridized carbons (Fsp3) is 0.200. The molecule has 7 heteroatoms. The number of nitrogens with zero attached hydrogens (tertiary/aromatic N) is 1. The zero-order chi connectivity index (χ0) is 19.8. The molecule has 0 aliphatic carbocycles. The molecule has 0 radical (unpaired) electrons. The van der Waals surface area contributed by atoms with Gasteiger partial charge in [-0.2, -0.15) is 0 Å². The molecule has 0 saturated carbocycles. The van der Waals surface area contributed by atoms with Gasteiger partial charge in [-0.15, -0.1) is 0 Å². The van der Waals surface area contributed by atoms with Crippen molar-refractivity contribution in [1.82, 2.24) is 0 Å². The number of benzene rings is 2. The predicted octanol–water partition coefficient (Wildman–Crippen LogP) is 3.91. The van der Waals surface area contributed by atoms with E-state index in [4.69, 9.17) is 4.74 Å². The first kappa shape index (κ1) is 19.8. The lowest BCUT2D eigenvalue weighted by Crippen LogP contribution is -2.21. The van der Waals surface area contributed by atoms with Gasteiger partial charge in [-0.1, -0.05) is 32.0 Å². The van der Waals surface area contributed by atoms with Crippen molar-refractivity contribution in [1.29, 1.82) is 0 Å². The third kappa shape index (κ3) is 6.07. The van der Waals surface area contributed by atoms with Crippen molar-refractivity contribution in [3.05, 3.63) is 75.8 Å². The first-order valence-corrected chi connectivity index (χ1v) is 8.35. The molecule has 0 aromatic heterocycles. The van der Waals surface area contributed by atoms with Gasteiger partial charge in [0, 0.05) is 23.9 Å². The van der Waals surface area contributed by atoms with Gasteiger partial charge in [0.15, 0.2) is 6.61 Å². The van der Waals surface area contributed by atoms with Gasteiger partial charge in [0.1, 0.15) is 0 Å². The van der Waals surface area contributed by atoms with Crippen LogP contribution in [0.15, 0.2) is 54.6 Å². The summed E-state index contributed by atoms with van der Waals surface area (Å²) < 4.78 is 4.91. The van der Waals surface area contributed by atoms with Gasteiger partial charge in [-0.25, -0.2) is 4.79 Å². The summed E-state index contributed by atoms with van der Waals surface area (Å²) in [5.41, 5.74) is 2.26. The van der Waals surface area contributed by atoms with E-state index in [1.54, 1.807) is 6.07 Å². The molecule has 27 heavy (non-hydrogen) atoms. The van der Waals surface area contributed by atoms with Crippen molar-refractivity contribution < 1.29 is 19.2 Å². The van der Waals surface area contributed by atoms with E-state index < -0.39 is 23.4 Å². The van der Waals surface area contributed by atoms with Crippen LogP contribution in [0.5, 0.6) is 0 Å². The second-order valence-electron chi connectivity index (χ2n) is 6.08. The van der Waals surface area contributed by atoms with Crippen LogP contribution in [0.4, 0.5) is 11.4 Å². The summed E-state index contributed by atoms with van der Waals surface area (Å²) in [6, 6.07) is 13.1. The minimum Gasteiger partial charge on any atom is -0.452 e. The normalized spacial score (nSPS) is 10.8. The third-order valence-corrected chi connectivity index (χ3v) is 3.72. The maximum absolute atomic E-state index is 12.0. The molecule has 0 heterocycles. The van der Waals surface area contributed by atoms with Gasteiger partial charge < -0.3 is 10.1 Å². The first-order chi connectivity index (χ1) is 12.9. The van der Waals surface area contributed by atoms with Crippen LogP contribution in [0.25, 0.3) is 6.08 Å². The number of rotatable bonds is 7. The van der Waals surface area contributed by atoms with Crippen molar-refractivity contribution in [3.63, 3.8) is 0 Å². The Hall–Kier alpha value is -3.48. The lowest BCUT2D eigenvalue weighted by molar-refractivity contribution is -0.384. The fourth-order valence-electron chi connectivity index (χ4n) is 2.36. The smallest absolute Gasteiger partial charge is 0.331 e. The highest BCUT2D eigenvalue weighted by molar-refractivity contribution is 5.95. The molecule has 0 atom stereocenters. The van der Waals surface area contributed by atoms with Gasteiger partial charge >= 0.3 is 5.97 Å². The van der Waals surface area contributed by atoms with E-state index in [-0.39, 0.29) is 11.6 Å². The number of amides is 1. The van der Waals surface area contributed by atoms with Gasteiger partial charge in [-0.3, -0.25) is 14.9 Å². The molecule has 2 aromatic carbocycles. The molecule has 2 aromatic rings. The molecule has 7 nitrogen and oxygen atoms in total. The summed E-state index contributed by atoms with van der Waals surface area (Å²) in [6.07, 6.45) is 2.62. The lowest BCUT2D eigenvalue weighted by Gasteiger charge is -2.13. The monoisotopic (exact) mass is 368 g/mol. The van der Waals surface area contributed by atoms with Crippen molar-refractivity contribution in [2.45, 2.75) is 19.8 Å². The van der Waals surface area contributed by atoms with Crippen LogP contribution in [-0.4, -0.2) is 23.4 Å². The number of para-hydroxylation sites is 1. The van der Waals surface area contributed by atoms with Crippen LogP contribution in [0, 0.1) is 10.1 Å². The zero-order valence-corrected chi connectivity index (χ0v) is 15.0. The molecule has 1 N–H and O–H groups in total. The lowest BCUT2D eigenvalue weighted by atomic mass is 10.0. The SMILES string of the molecule is CC(C)c1ccccc1NC(=O)COC(=O)/C=C/c1ccc([N+](=O)[O-])cc1. The molecule has 0 saturated heterocycles. The average molecular weight is 368 g/mol. The summed E-state index contributed by atoms with van der Waals surface area (Å²) in [5.74, 6) is -0.866. The molecule has 1 amide bonds. The van der Waals surface area contributed by atoms with Gasteiger partial charge in [0.2, 0.25) is 0 Å². The van der Waals surface area contributed by atoms with E-state index in [2.05, 4.69) is 5.32 Å². The Labute approximate surface area is 156 Å². The average Bonchev–Trinajstić information content (AvgIpc) is 2.65. The van der Waals surface area contributed by atoms with E-state index in [1.807, 2.05) is 32.0 Å². The highest BCUT2D eigenvalue weighted by Gasteiger charge is 2.10. The highest BCUT2D eigenvalue weighted by Crippen LogP contribution is 2.23. The third-order valence-electron chi connectivity index (χ3n) is 3.72. The molecule has 0 bridgehead atoms. The van der Waals surface area contributed by atoms with Crippen LogP contribution in [0.1, 0.15) is 30.9 Å². The number of hydrogen-bond acceptors (Lipinski definition) is 5. The summed E-state index contributed by atoms with van der Waals surface area (Å²) in [5, 5.41) is 13.3. The van der Waals surface area contributed by atoms with Crippen LogP contribution >= 0.6 is 0 Å². The molecule has 0 fully saturated rings. The first-order valence-electron chi connectivity index (χ1n) is 8.35. The van der Waals surface area contributed by atoms with Gasteiger partial charge in [0.25, 0.3) is 11.6 Å². The van der Waals surface area contributed by atoms with E-state index in [1.165, 1.54) is 30.3 Å². The minimum absolute atomic E-state index is 0.0342. The summed E-state index contributed by atoms with van der Waals surface area (Å²) in [4.78, 5) is 33.8. The Morgan fingerprint density at radius 2 is 1.81 bits per heavy atom. The van der Waals surface area contributed by atoms with E-state index in [0.29, 0.717) is 11.3 Å². The van der Waals surface area contributed by atoms with Crippen LogP contribution in [0.2, 0.25) is 0 Å². The number of anilines is 1. The Kier molecular flexibility index (Phi) is 6.82. The number of hydrogen-bond donors (Lipinski definition) is 1. The second kappa shape index (κ2) is 9.28. The molecule has 0 aliphatic rings. The number of nitrogens with one attached hydrogen (secondary N) is 1. The minimum atomic E-state index is -0.680. The van der Waals surface area contributed by atoms with E-state index in [0.717, 1.165) is 11.6 Å². The van der Waals surface area contributed by atoms with Crippen LogP contribution < -0.4 is 5.32 Å². The number of carbonyl (C=O) groups excluding carboxylic acids is 2. The Morgan fingerprint density at radius 3 is 2.44 bits per heavy atom. The molecule has 2 rings (SSSR count). The molecule has 140 valence electrons. The molecule has 0 aliphatic heterocycles. The van der Waals surface area contributed by atoms with Crippen molar-refractivity contribution in [3.8, 4) is 0 Å². The maximum atomic E-state index is 12.0.